The van der Waals surface area contributed by atoms with Crippen molar-refractivity contribution in [2.45, 2.75) is 6.42 Å². The van der Waals surface area contributed by atoms with Crippen LogP contribution in [0.5, 0.6) is 0 Å². The van der Waals surface area contributed by atoms with Crippen molar-refractivity contribution in [1.29, 1.82) is 0 Å². The molecule has 1 aromatic heterocycles. The Hall–Kier alpha value is -0.260. The van der Waals surface area contributed by atoms with Crippen LogP contribution in [0.2, 0.25) is 15.2 Å². The van der Waals surface area contributed by atoms with Crippen LogP contribution in [-0.2, 0) is 0 Å². The summed E-state index contributed by atoms with van der Waals surface area (Å²) in [6.45, 7) is 4.41. The van der Waals surface area contributed by atoms with E-state index in [4.69, 9.17) is 39.9 Å². The van der Waals surface area contributed by atoms with E-state index in [0.29, 0.717) is 22.4 Å². The zero-order valence-corrected chi connectivity index (χ0v) is 12.7. The van der Waals surface area contributed by atoms with Crippen molar-refractivity contribution < 1.29 is 5.11 Å². The fraction of sp³-hybridized carbons (Fsp3) is 0.583. The highest BCUT2D eigenvalue weighted by molar-refractivity contribution is 6.42. The molecular formula is C12H16Cl3N3O. The van der Waals surface area contributed by atoms with Crippen molar-refractivity contribution in [3.63, 3.8) is 0 Å². The van der Waals surface area contributed by atoms with Crippen LogP contribution in [0.1, 0.15) is 6.42 Å². The van der Waals surface area contributed by atoms with Gasteiger partial charge >= 0.3 is 0 Å². The Morgan fingerprint density at radius 1 is 1.11 bits per heavy atom. The summed E-state index contributed by atoms with van der Waals surface area (Å²) >= 11 is 18.0. The van der Waals surface area contributed by atoms with Crippen molar-refractivity contribution in [1.82, 2.24) is 9.88 Å². The lowest BCUT2D eigenvalue weighted by Gasteiger charge is -2.23. The van der Waals surface area contributed by atoms with Gasteiger partial charge in [0.15, 0.2) is 0 Å². The predicted octanol–water partition coefficient (Wildman–Crippen LogP) is 2.55. The molecule has 4 nitrogen and oxygen atoms in total. The van der Waals surface area contributed by atoms with Crippen molar-refractivity contribution in [3.8, 4) is 0 Å². The average molecular weight is 325 g/mol. The third-order valence-corrected chi connectivity index (χ3v) is 4.12. The summed E-state index contributed by atoms with van der Waals surface area (Å²) in [5.41, 5.74) is 0. The normalized spacial score (nSPS) is 17.6. The molecule has 0 atom stereocenters. The van der Waals surface area contributed by atoms with E-state index in [1.54, 1.807) is 6.07 Å². The number of nitrogens with zero attached hydrogens (tertiary/aromatic N) is 3. The molecular weight excluding hydrogens is 309 g/mol. The van der Waals surface area contributed by atoms with Gasteiger partial charge in [0.05, 0.1) is 16.7 Å². The second-order valence-corrected chi connectivity index (χ2v) is 5.64. The molecule has 0 bridgehead atoms. The third kappa shape index (κ3) is 3.86. The molecule has 1 aliphatic rings. The molecule has 2 rings (SSSR count). The van der Waals surface area contributed by atoms with Gasteiger partial charge in [0.2, 0.25) is 0 Å². The number of aliphatic hydroxyl groups is 1. The second kappa shape index (κ2) is 6.95. The number of halogens is 3. The summed E-state index contributed by atoms with van der Waals surface area (Å²) < 4.78 is 0. The Kier molecular flexibility index (Phi) is 5.54. The topological polar surface area (TPSA) is 39.6 Å². The first-order chi connectivity index (χ1) is 9.11. The van der Waals surface area contributed by atoms with Crippen molar-refractivity contribution in [3.05, 3.63) is 21.3 Å². The molecule has 1 aromatic rings. The molecule has 0 spiro atoms. The van der Waals surface area contributed by atoms with Crippen LogP contribution in [0.4, 0.5) is 5.82 Å². The van der Waals surface area contributed by atoms with E-state index >= 15 is 0 Å². The number of hydrogen-bond acceptors (Lipinski definition) is 4. The van der Waals surface area contributed by atoms with Crippen LogP contribution in [0, 0.1) is 0 Å². The van der Waals surface area contributed by atoms with Crippen LogP contribution in [0.3, 0.4) is 0 Å². The largest absolute Gasteiger partial charge is 0.395 e. The van der Waals surface area contributed by atoms with Gasteiger partial charge in [-0.1, -0.05) is 34.8 Å². The first-order valence-electron chi connectivity index (χ1n) is 6.21. The summed E-state index contributed by atoms with van der Waals surface area (Å²) in [6, 6.07) is 1.63. The molecule has 0 aromatic carbocycles. The van der Waals surface area contributed by atoms with Gasteiger partial charge in [-0.3, -0.25) is 4.90 Å². The van der Waals surface area contributed by atoms with Gasteiger partial charge in [0.25, 0.3) is 0 Å². The molecule has 0 aliphatic carbocycles. The highest BCUT2D eigenvalue weighted by Gasteiger charge is 2.19. The number of hydrogen-bond donors (Lipinski definition) is 1. The number of pyridine rings is 1. The van der Waals surface area contributed by atoms with Crippen LogP contribution in [-0.4, -0.2) is 54.3 Å². The van der Waals surface area contributed by atoms with Gasteiger partial charge in [0, 0.05) is 26.2 Å². The first kappa shape index (κ1) is 15.1. The van der Waals surface area contributed by atoms with Gasteiger partial charge in [-0.15, -0.1) is 0 Å². The Labute approximate surface area is 127 Å². The minimum atomic E-state index is 0.186. The molecule has 106 valence electrons. The summed E-state index contributed by atoms with van der Waals surface area (Å²) in [7, 11) is 0. The van der Waals surface area contributed by atoms with E-state index < -0.39 is 0 Å². The van der Waals surface area contributed by atoms with E-state index in [2.05, 4.69) is 14.8 Å². The van der Waals surface area contributed by atoms with Crippen molar-refractivity contribution >= 4 is 40.6 Å². The molecule has 2 heterocycles. The SMILES string of the molecule is OCCN1CCCN(c2nc(Cl)c(Cl)cc2Cl)CC1. The van der Waals surface area contributed by atoms with Crippen molar-refractivity contribution in [2.75, 3.05) is 44.2 Å². The van der Waals surface area contributed by atoms with Gasteiger partial charge in [0.1, 0.15) is 11.0 Å². The number of aliphatic hydroxyl groups excluding tert-OH is 1. The first-order valence-corrected chi connectivity index (χ1v) is 7.35. The van der Waals surface area contributed by atoms with Crippen molar-refractivity contribution in [2.24, 2.45) is 0 Å². The molecule has 1 aliphatic heterocycles. The quantitative estimate of drug-likeness (QED) is 0.867. The van der Waals surface area contributed by atoms with Gasteiger partial charge in [-0.05, 0) is 19.0 Å². The lowest BCUT2D eigenvalue weighted by atomic mass is 10.3. The molecule has 19 heavy (non-hydrogen) atoms. The van der Waals surface area contributed by atoms with Gasteiger partial charge in [-0.2, -0.15) is 0 Å². The van der Waals surface area contributed by atoms with Gasteiger partial charge in [-0.25, -0.2) is 4.98 Å². The van der Waals surface area contributed by atoms with Crippen LogP contribution >= 0.6 is 34.8 Å². The van der Waals surface area contributed by atoms with E-state index in [9.17, 15) is 0 Å². The van der Waals surface area contributed by atoms with E-state index in [-0.39, 0.29) is 11.8 Å². The molecule has 1 saturated heterocycles. The molecule has 0 saturated carbocycles. The summed E-state index contributed by atoms with van der Waals surface area (Å²) in [5, 5.41) is 10.1. The minimum absolute atomic E-state index is 0.186. The zero-order chi connectivity index (χ0) is 13.8. The monoisotopic (exact) mass is 323 g/mol. The lowest BCUT2D eigenvalue weighted by Crippen LogP contribution is -2.32. The maximum atomic E-state index is 8.98. The smallest absolute Gasteiger partial charge is 0.150 e. The number of anilines is 1. The number of aromatic nitrogens is 1. The van der Waals surface area contributed by atoms with Gasteiger partial charge < -0.3 is 10.0 Å². The Morgan fingerprint density at radius 2 is 1.89 bits per heavy atom. The maximum absolute atomic E-state index is 8.98. The molecule has 0 amide bonds. The number of β-amino-alcohol motifs (C(OH)–C–C–N with tert-alkyl or cyclic N) is 1. The Morgan fingerprint density at radius 3 is 2.63 bits per heavy atom. The average Bonchev–Trinajstić information content (AvgIpc) is 2.60. The molecule has 7 heteroatoms. The Bertz CT molecular complexity index is 444. The summed E-state index contributed by atoms with van der Waals surface area (Å²) in [6.07, 6.45) is 0.998. The number of rotatable bonds is 3. The molecule has 1 fully saturated rings. The molecule has 0 radical (unpaired) electrons. The predicted molar refractivity (Wildman–Crippen MR) is 79.6 cm³/mol. The standard InChI is InChI=1S/C12H16Cl3N3O/c13-9-8-10(14)12(16-11(9)15)18-3-1-2-17(4-5-18)6-7-19/h8,19H,1-7H2. The van der Waals surface area contributed by atoms with E-state index in [1.807, 2.05) is 0 Å². The third-order valence-electron chi connectivity index (χ3n) is 3.17. The minimum Gasteiger partial charge on any atom is -0.395 e. The summed E-state index contributed by atoms with van der Waals surface area (Å²) in [4.78, 5) is 8.61. The lowest BCUT2D eigenvalue weighted by molar-refractivity contribution is 0.204. The second-order valence-electron chi connectivity index (χ2n) is 4.47. The van der Waals surface area contributed by atoms with Crippen LogP contribution in [0.25, 0.3) is 0 Å². The summed E-state index contributed by atoms with van der Waals surface area (Å²) in [5.74, 6) is 0.682. The van der Waals surface area contributed by atoms with E-state index in [1.165, 1.54) is 0 Å². The highest BCUT2D eigenvalue weighted by atomic mass is 35.5. The zero-order valence-electron chi connectivity index (χ0n) is 10.4. The Balaban J connectivity index is 2.12. The fourth-order valence-electron chi connectivity index (χ4n) is 2.20. The maximum Gasteiger partial charge on any atom is 0.150 e. The highest BCUT2D eigenvalue weighted by Crippen LogP contribution is 2.31. The van der Waals surface area contributed by atoms with E-state index in [0.717, 1.165) is 32.6 Å². The van der Waals surface area contributed by atoms with Crippen LogP contribution < -0.4 is 4.90 Å². The molecule has 1 N–H and O–H groups in total. The molecule has 0 unspecified atom stereocenters. The van der Waals surface area contributed by atoms with Crippen LogP contribution in [0.15, 0.2) is 6.07 Å². The fourth-order valence-corrected chi connectivity index (χ4v) is 2.82.